The molecule has 2 saturated heterocycles. The first-order valence-corrected chi connectivity index (χ1v) is 11.1. The Kier molecular flexibility index (Phi) is 5.00. The number of hydrogen-bond donors (Lipinski definition) is 1. The number of carbonyl (C=O) groups is 3. The number of piperidine rings is 1. The van der Waals surface area contributed by atoms with Crippen LogP contribution in [0.25, 0.3) is 0 Å². The third-order valence-electron chi connectivity index (χ3n) is 7.17. The average Bonchev–Trinajstić information content (AvgIpc) is 3.09. The van der Waals surface area contributed by atoms with Crippen LogP contribution in [0.4, 0.5) is 5.69 Å². The molecule has 6 heteroatoms. The van der Waals surface area contributed by atoms with E-state index in [1.54, 1.807) is 0 Å². The predicted octanol–water partition coefficient (Wildman–Crippen LogP) is 3.30. The highest BCUT2D eigenvalue weighted by Gasteiger charge is 2.48. The fraction of sp³-hybridized carbons (Fsp3) is 0.400. The number of nitrogens with one attached hydrogen (secondary N) is 1. The van der Waals surface area contributed by atoms with Crippen molar-refractivity contribution in [2.45, 2.75) is 50.1 Å². The molecule has 0 radical (unpaired) electrons. The number of para-hydroxylation sites is 1. The van der Waals surface area contributed by atoms with Crippen LogP contribution in [-0.2, 0) is 20.9 Å². The van der Waals surface area contributed by atoms with Gasteiger partial charge in [0, 0.05) is 43.7 Å². The maximum atomic E-state index is 13.4. The van der Waals surface area contributed by atoms with Crippen LogP contribution in [0.5, 0.6) is 0 Å². The van der Waals surface area contributed by atoms with Gasteiger partial charge in [0.25, 0.3) is 0 Å². The Labute approximate surface area is 182 Å². The SMILES string of the molecule is O=C1CC(C(=O)N2CCC3(CCC(=O)N3Cc3ccccc3)CC2)c2ccccc2N1. The summed E-state index contributed by atoms with van der Waals surface area (Å²) in [6, 6.07) is 17.7. The van der Waals surface area contributed by atoms with Crippen LogP contribution in [-0.4, -0.2) is 46.1 Å². The first kappa shape index (κ1) is 19.8. The second-order valence-corrected chi connectivity index (χ2v) is 8.91. The molecular formula is C25H27N3O3. The van der Waals surface area contributed by atoms with Crippen molar-refractivity contribution in [3.8, 4) is 0 Å². The number of hydrogen-bond acceptors (Lipinski definition) is 3. The zero-order chi connectivity index (χ0) is 21.4. The topological polar surface area (TPSA) is 69.7 Å². The predicted molar refractivity (Wildman–Crippen MR) is 117 cm³/mol. The van der Waals surface area contributed by atoms with E-state index in [9.17, 15) is 14.4 Å². The lowest BCUT2D eigenvalue weighted by molar-refractivity contribution is -0.139. The standard InChI is InChI=1S/C25H27N3O3/c29-22-16-20(19-8-4-5-9-21(19)26-22)24(31)27-14-12-25(13-15-27)11-10-23(30)28(25)17-18-6-2-1-3-7-18/h1-9,20H,10-17H2,(H,26,29). The van der Waals surface area contributed by atoms with E-state index in [0.29, 0.717) is 26.1 Å². The Morgan fingerprint density at radius 2 is 1.68 bits per heavy atom. The summed E-state index contributed by atoms with van der Waals surface area (Å²) < 4.78 is 0. The molecule has 31 heavy (non-hydrogen) atoms. The Morgan fingerprint density at radius 1 is 0.968 bits per heavy atom. The fourth-order valence-electron chi connectivity index (χ4n) is 5.41. The summed E-state index contributed by atoms with van der Waals surface area (Å²) in [5, 5.41) is 2.87. The van der Waals surface area contributed by atoms with Gasteiger partial charge in [-0.05, 0) is 36.5 Å². The number of rotatable bonds is 3. The Hall–Kier alpha value is -3.15. The van der Waals surface area contributed by atoms with E-state index in [2.05, 4.69) is 17.4 Å². The van der Waals surface area contributed by atoms with E-state index in [4.69, 9.17) is 0 Å². The van der Waals surface area contributed by atoms with E-state index in [1.807, 2.05) is 52.3 Å². The fourth-order valence-corrected chi connectivity index (χ4v) is 5.41. The van der Waals surface area contributed by atoms with Crippen LogP contribution < -0.4 is 5.32 Å². The van der Waals surface area contributed by atoms with Gasteiger partial charge in [-0.25, -0.2) is 0 Å². The summed E-state index contributed by atoms with van der Waals surface area (Å²) >= 11 is 0. The normalized spacial score (nSPS) is 22.4. The monoisotopic (exact) mass is 417 g/mol. The van der Waals surface area contributed by atoms with Gasteiger partial charge >= 0.3 is 0 Å². The molecule has 0 saturated carbocycles. The van der Waals surface area contributed by atoms with Crippen molar-refractivity contribution in [1.82, 2.24) is 9.80 Å². The van der Waals surface area contributed by atoms with Crippen LogP contribution in [0.3, 0.4) is 0 Å². The van der Waals surface area contributed by atoms with Gasteiger partial charge < -0.3 is 15.1 Å². The van der Waals surface area contributed by atoms with Gasteiger partial charge in [0.2, 0.25) is 17.7 Å². The van der Waals surface area contributed by atoms with Gasteiger partial charge in [0.1, 0.15) is 0 Å². The summed E-state index contributed by atoms with van der Waals surface area (Å²) in [7, 11) is 0. The molecule has 6 nitrogen and oxygen atoms in total. The first-order valence-electron chi connectivity index (χ1n) is 11.1. The summed E-state index contributed by atoms with van der Waals surface area (Å²) in [5.74, 6) is -0.303. The molecule has 1 unspecified atom stereocenters. The van der Waals surface area contributed by atoms with Gasteiger partial charge in [-0.1, -0.05) is 48.5 Å². The maximum absolute atomic E-state index is 13.4. The van der Waals surface area contributed by atoms with Crippen LogP contribution in [0, 0.1) is 0 Å². The van der Waals surface area contributed by atoms with Crippen molar-refractivity contribution in [2.75, 3.05) is 18.4 Å². The van der Waals surface area contributed by atoms with Crippen LogP contribution >= 0.6 is 0 Å². The van der Waals surface area contributed by atoms with Crippen molar-refractivity contribution >= 4 is 23.4 Å². The number of benzene rings is 2. The minimum atomic E-state index is -0.426. The van der Waals surface area contributed by atoms with E-state index >= 15 is 0 Å². The molecule has 2 aromatic carbocycles. The second kappa shape index (κ2) is 7.84. The number of anilines is 1. The molecule has 1 atom stereocenters. The third kappa shape index (κ3) is 3.60. The lowest BCUT2D eigenvalue weighted by atomic mass is 9.83. The van der Waals surface area contributed by atoms with Crippen LogP contribution in [0.1, 0.15) is 49.1 Å². The molecule has 2 aromatic rings. The third-order valence-corrected chi connectivity index (χ3v) is 7.17. The molecule has 0 bridgehead atoms. The zero-order valence-corrected chi connectivity index (χ0v) is 17.5. The molecule has 2 fully saturated rings. The molecule has 3 amide bonds. The molecule has 0 aliphatic carbocycles. The van der Waals surface area contributed by atoms with Gasteiger partial charge in [0.15, 0.2) is 0 Å². The van der Waals surface area contributed by atoms with Crippen molar-refractivity contribution in [2.24, 2.45) is 0 Å². The van der Waals surface area contributed by atoms with Crippen molar-refractivity contribution in [3.63, 3.8) is 0 Å². The summed E-state index contributed by atoms with van der Waals surface area (Å²) in [6.45, 7) is 1.87. The number of carbonyl (C=O) groups excluding carboxylic acids is 3. The summed E-state index contributed by atoms with van der Waals surface area (Å²) in [6.07, 6.45) is 3.21. The smallest absolute Gasteiger partial charge is 0.230 e. The van der Waals surface area contributed by atoms with E-state index in [-0.39, 0.29) is 29.7 Å². The van der Waals surface area contributed by atoms with Crippen molar-refractivity contribution in [1.29, 1.82) is 0 Å². The quantitative estimate of drug-likeness (QED) is 0.833. The molecule has 1 N–H and O–H groups in total. The van der Waals surface area contributed by atoms with Gasteiger partial charge in [-0.2, -0.15) is 0 Å². The average molecular weight is 418 g/mol. The first-order chi connectivity index (χ1) is 15.1. The molecule has 3 heterocycles. The minimum absolute atomic E-state index is 0.0242. The highest BCUT2D eigenvalue weighted by molar-refractivity contribution is 6.01. The molecule has 3 aliphatic heterocycles. The highest BCUT2D eigenvalue weighted by Crippen LogP contribution is 2.41. The van der Waals surface area contributed by atoms with E-state index < -0.39 is 5.92 Å². The summed E-state index contributed by atoms with van der Waals surface area (Å²) in [5.41, 5.74) is 2.61. The van der Waals surface area contributed by atoms with Crippen molar-refractivity contribution in [3.05, 3.63) is 65.7 Å². The van der Waals surface area contributed by atoms with Crippen LogP contribution in [0.15, 0.2) is 54.6 Å². The summed E-state index contributed by atoms with van der Waals surface area (Å²) in [4.78, 5) is 42.2. The Bertz CT molecular complexity index is 1010. The second-order valence-electron chi connectivity index (χ2n) is 8.91. The molecule has 1 spiro atoms. The maximum Gasteiger partial charge on any atom is 0.230 e. The Balaban J connectivity index is 1.30. The van der Waals surface area contributed by atoms with Crippen molar-refractivity contribution < 1.29 is 14.4 Å². The molecular weight excluding hydrogens is 390 g/mol. The van der Waals surface area contributed by atoms with Gasteiger partial charge in [-0.3, -0.25) is 14.4 Å². The number of likely N-dealkylation sites (tertiary alicyclic amines) is 2. The lowest BCUT2D eigenvalue weighted by Gasteiger charge is -2.45. The molecule has 5 rings (SSSR count). The molecule has 3 aliphatic rings. The molecule has 160 valence electrons. The molecule has 0 aromatic heterocycles. The van der Waals surface area contributed by atoms with E-state index in [0.717, 1.165) is 36.1 Å². The lowest BCUT2D eigenvalue weighted by Crippen LogP contribution is -2.54. The zero-order valence-electron chi connectivity index (χ0n) is 17.5. The van der Waals surface area contributed by atoms with E-state index in [1.165, 1.54) is 0 Å². The van der Waals surface area contributed by atoms with Gasteiger partial charge in [0.05, 0.1) is 5.92 Å². The largest absolute Gasteiger partial charge is 0.342 e. The van der Waals surface area contributed by atoms with Crippen LogP contribution in [0.2, 0.25) is 0 Å². The minimum Gasteiger partial charge on any atom is -0.342 e. The Morgan fingerprint density at radius 3 is 2.45 bits per heavy atom. The number of nitrogens with zero attached hydrogens (tertiary/aromatic N) is 2. The van der Waals surface area contributed by atoms with Gasteiger partial charge in [-0.15, -0.1) is 0 Å². The number of fused-ring (bicyclic) bond motifs is 1. The highest BCUT2D eigenvalue weighted by atomic mass is 16.2. The number of amides is 3.